The molecule has 1 aromatic rings. The maximum absolute atomic E-state index is 10.3. The second-order valence-electron chi connectivity index (χ2n) is 5.16. The van der Waals surface area contributed by atoms with E-state index in [4.69, 9.17) is 4.74 Å². The van der Waals surface area contributed by atoms with Crippen LogP contribution in [0, 0.1) is 6.92 Å². The average Bonchev–Trinajstić information content (AvgIpc) is 2.70. The van der Waals surface area contributed by atoms with Gasteiger partial charge in [0.15, 0.2) is 0 Å². The van der Waals surface area contributed by atoms with Crippen LogP contribution in [0.3, 0.4) is 0 Å². The van der Waals surface area contributed by atoms with Crippen LogP contribution >= 0.6 is 11.8 Å². The number of ether oxygens (including phenoxy) is 1. The van der Waals surface area contributed by atoms with Gasteiger partial charge in [0.1, 0.15) is 5.60 Å². The van der Waals surface area contributed by atoms with E-state index in [0.29, 0.717) is 26.3 Å². The Morgan fingerprint density at radius 1 is 1.60 bits per heavy atom. The molecule has 0 radical (unpaired) electrons. The summed E-state index contributed by atoms with van der Waals surface area (Å²) in [5.74, 6) is 1.92. The van der Waals surface area contributed by atoms with Crippen LogP contribution in [-0.4, -0.2) is 65.8 Å². The molecule has 4 N–H and O–H groups in total. The van der Waals surface area contributed by atoms with Crippen LogP contribution in [0.5, 0.6) is 0 Å². The highest BCUT2D eigenvalue weighted by atomic mass is 32.2. The van der Waals surface area contributed by atoms with Gasteiger partial charge in [0, 0.05) is 43.4 Å². The van der Waals surface area contributed by atoms with Gasteiger partial charge >= 0.3 is 0 Å². The van der Waals surface area contributed by atoms with Crippen LogP contribution in [-0.2, 0) is 10.5 Å². The number of rotatable bonds is 7. The third-order valence-corrected chi connectivity index (χ3v) is 4.27. The summed E-state index contributed by atoms with van der Waals surface area (Å²) in [5.41, 5.74) is 1.47. The first kappa shape index (κ1) is 15.8. The van der Waals surface area contributed by atoms with Crippen LogP contribution in [0.25, 0.3) is 0 Å². The van der Waals surface area contributed by atoms with Crippen molar-refractivity contribution in [1.29, 1.82) is 0 Å². The topological polar surface area (TPSA) is 82.2 Å². The lowest BCUT2D eigenvalue weighted by Gasteiger charge is -2.26. The number of hydrogen-bond acceptors (Lipinski definition) is 6. The predicted molar refractivity (Wildman–Crippen MR) is 81.0 cm³/mol. The smallest absolute Gasteiger partial charge is 0.113 e. The number of H-pyrrole nitrogens is 1. The quantitative estimate of drug-likeness (QED) is 0.526. The number of hydrogen-bond donors (Lipinski definition) is 4. The molecule has 20 heavy (non-hydrogen) atoms. The van der Waals surface area contributed by atoms with Crippen LogP contribution in [0.1, 0.15) is 11.4 Å². The molecule has 0 aliphatic carbocycles. The van der Waals surface area contributed by atoms with Crippen molar-refractivity contribution in [2.24, 2.45) is 0 Å². The highest BCUT2D eigenvalue weighted by Gasteiger charge is 2.28. The van der Waals surface area contributed by atoms with Gasteiger partial charge in [-0.3, -0.25) is 0 Å². The summed E-state index contributed by atoms with van der Waals surface area (Å²) in [6, 6.07) is 0. The molecule has 0 spiro atoms. The Kier molecular flexibility index (Phi) is 6.31. The molecule has 114 valence electrons. The summed E-state index contributed by atoms with van der Waals surface area (Å²) in [5, 5.41) is 16.8. The Morgan fingerprint density at radius 2 is 2.50 bits per heavy atom. The van der Waals surface area contributed by atoms with Crippen molar-refractivity contribution in [2.75, 3.05) is 45.1 Å². The monoisotopic (exact) mass is 300 g/mol. The number of aromatic nitrogens is 2. The molecule has 7 heteroatoms. The van der Waals surface area contributed by atoms with E-state index < -0.39 is 5.60 Å². The van der Waals surface area contributed by atoms with Crippen LogP contribution in [0.2, 0.25) is 0 Å². The largest absolute Gasteiger partial charge is 0.385 e. The van der Waals surface area contributed by atoms with Crippen molar-refractivity contribution >= 4 is 11.8 Å². The number of aryl methyl sites for hydroxylation is 1. The van der Waals surface area contributed by atoms with E-state index in [0.717, 1.165) is 36.0 Å². The molecular formula is C13H24N4O2S. The summed E-state index contributed by atoms with van der Waals surface area (Å²) >= 11 is 1.84. The number of nitrogens with zero attached hydrogens (tertiary/aromatic N) is 1. The lowest BCUT2D eigenvalue weighted by Crippen LogP contribution is -2.50. The maximum atomic E-state index is 10.3. The zero-order chi connectivity index (χ0) is 14.3. The molecule has 0 saturated carbocycles. The summed E-state index contributed by atoms with van der Waals surface area (Å²) in [6.45, 7) is 5.92. The number of nitrogens with one attached hydrogen (secondary N) is 3. The van der Waals surface area contributed by atoms with E-state index >= 15 is 0 Å². The second kappa shape index (κ2) is 7.99. The van der Waals surface area contributed by atoms with Gasteiger partial charge in [-0.15, -0.1) is 0 Å². The minimum atomic E-state index is -0.792. The number of aromatic amines is 1. The molecule has 0 amide bonds. The molecule has 6 nitrogen and oxygen atoms in total. The van der Waals surface area contributed by atoms with Crippen molar-refractivity contribution in [3.8, 4) is 0 Å². The summed E-state index contributed by atoms with van der Waals surface area (Å²) in [4.78, 5) is 7.35. The van der Waals surface area contributed by atoms with Gasteiger partial charge < -0.3 is 25.5 Å². The van der Waals surface area contributed by atoms with E-state index in [2.05, 4.69) is 20.6 Å². The van der Waals surface area contributed by atoms with Crippen molar-refractivity contribution in [2.45, 2.75) is 18.3 Å². The molecule has 0 unspecified atom stereocenters. The molecule has 1 aliphatic heterocycles. The van der Waals surface area contributed by atoms with Crippen molar-refractivity contribution in [3.05, 3.63) is 17.7 Å². The van der Waals surface area contributed by atoms with Gasteiger partial charge in [-0.1, -0.05) is 0 Å². The summed E-state index contributed by atoms with van der Waals surface area (Å²) < 4.78 is 5.38. The summed E-state index contributed by atoms with van der Waals surface area (Å²) in [7, 11) is 0. The Labute approximate surface area is 124 Å². The van der Waals surface area contributed by atoms with E-state index in [1.807, 2.05) is 18.7 Å². The summed E-state index contributed by atoms with van der Waals surface area (Å²) in [6.07, 6.45) is 1.73. The molecule has 2 rings (SSSR count). The lowest BCUT2D eigenvalue weighted by atomic mass is 10.1. The van der Waals surface area contributed by atoms with Gasteiger partial charge in [-0.25, -0.2) is 4.98 Å². The first-order valence-electron chi connectivity index (χ1n) is 6.98. The van der Waals surface area contributed by atoms with Crippen molar-refractivity contribution in [3.63, 3.8) is 0 Å². The Morgan fingerprint density at radius 3 is 3.30 bits per heavy atom. The van der Waals surface area contributed by atoms with Crippen molar-refractivity contribution in [1.82, 2.24) is 20.6 Å². The van der Waals surface area contributed by atoms with Crippen LogP contribution in [0.4, 0.5) is 0 Å². The minimum Gasteiger partial charge on any atom is -0.385 e. The third-order valence-electron chi connectivity index (χ3n) is 3.30. The molecule has 1 aliphatic rings. The van der Waals surface area contributed by atoms with Crippen LogP contribution in [0.15, 0.2) is 6.33 Å². The fraction of sp³-hybridized carbons (Fsp3) is 0.769. The zero-order valence-electron chi connectivity index (χ0n) is 11.9. The zero-order valence-corrected chi connectivity index (χ0v) is 12.8. The molecule has 1 atom stereocenters. The molecule has 0 bridgehead atoms. The Balaban J connectivity index is 1.56. The fourth-order valence-electron chi connectivity index (χ4n) is 2.06. The SMILES string of the molecule is Cc1[nH]cnc1CSCCNC[C@]1(O)CNCCOC1. The number of β-amino-alcohol motifs (C(OH)–C–C–N with tert-alkyl or cyclic N) is 1. The minimum absolute atomic E-state index is 0.395. The van der Waals surface area contributed by atoms with Gasteiger partial charge in [0.05, 0.1) is 25.2 Å². The molecule has 1 aromatic heterocycles. The maximum Gasteiger partial charge on any atom is 0.113 e. The Bertz CT molecular complexity index is 391. The van der Waals surface area contributed by atoms with Gasteiger partial charge in [-0.05, 0) is 6.92 Å². The van der Waals surface area contributed by atoms with E-state index in [-0.39, 0.29) is 0 Å². The second-order valence-corrected chi connectivity index (χ2v) is 6.26. The van der Waals surface area contributed by atoms with E-state index in [1.54, 1.807) is 6.33 Å². The molecule has 0 aromatic carbocycles. The molecular weight excluding hydrogens is 276 g/mol. The molecule has 2 heterocycles. The van der Waals surface area contributed by atoms with E-state index in [1.165, 1.54) is 0 Å². The number of aliphatic hydroxyl groups is 1. The normalized spacial score (nSPS) is 23.7. The van der Waals surface area contributed by atoms with Gasteiger partial charge in [0.2, 0.25) is 0 Å². The highest BCUT2D eigenvalue weighted by Crippen LogP contribution is 2.12. The van der Waals surface area contributed by atoms with Crippen molar-refractivity contribution < 1.29 is 9.84 Å². The van der Waals surface area contributed by atoms with Gasteiger partial charge in [-0.2, -0.15) is 11.8 Å². The molecule has 1 saturated heterocycles. The first-order valence-corrected chi connectivity index (χ1v) is 8.13. The fourth-order valence-corrected chi connectivity index (χ4v) is 2.98. The Hall–Kier alpha value is -0.600. The number of imidazole rings is 1. The van der Waals surface area contributed by atoms with Gasteiger partial charge in [0.25, 0.3) is 0 Å². The standard InChI is InChI=1S/C13H24N4O2S/c1-11-12(17-10-16-11)6-20-5-3-15-8-13(18)7-14-2-4-19-9-13/h10,14-15,18H,2-9H2,1H3,(H,16,17)/t13-/m1/s1. The van der Waals surface area contributed by atoms with E-state index in [9.17, 15) is 5.11 Å². The third kappa shape index (κ3) is 5.06. The lowest BCUT2D eigenvalue weighted by molar-refractivity contribution is -0.0258. The average molecular weight is 300 g/mol. The first-order chi connectivity index (χ1) is 9.70. The predicted octanol–water partition coefficient (Wildman–Crippen LogP) is -0.108. The number of thioether (sulfide) groups is 1. The molecule has 1 fully saturated rings. The van der Waals surface area contributed by atoms with Crippen LogP contribution < -0.4 is 10.6 Å². The highest BCUT2D eigenvalue weighted by molar-refractivity contribution is 7.98.